The number of hydrogen-bond donors (Lipinski definition) is 0. The van der Waals surface area contributed by atoms with Gasteiger partial charge in [0.05, 0.1) is 22.6 Å². The largest absolute Gasteiger partial charge is 0.338 e. The Morgan fingerprint density at radius 2 is 1.40 bits per heavy atom. The number of anilines is 3. The lowest BCUT2D eigenvalue weighted by Crippen LogP contribution is -2.64. The molecular formula is C78H96BN3S. The zero-order chi connectivity index (χ0) is 57.9. The van der Waals surface area contributed by atoms with Gasteiger partial charge in [-0.05, 0) is 225 Å². The Bertz CT molecular complexity index is 3710. The fourth-order valence-corrected chi connectivity index (χ4v) is 20.8. The lowest BCUT2D eigenvalue weighted by Gasteiger charge is -2.56. The minimum atomic E-state index is -0.0620. The topological polar surface area (TPSA) is 9.72 Å². The van der Waals surface area contributed by atoms with Crippen molar-refractivity contribution in [3.05, 3.63) is 170 Å². The Hall–Kier alpha value is -5.00. The van der Waals surface area contributed by atoms with Crippen molar-refractivity contribution in [1.82, 2.24) is 0 Å². The summed E-state index contributed by atoms with van der Waals surface area (Å²) in [4.78, 5) is 9.05. The number of thiophene rings is 1. The van der Waals surface area contributed by atoms with Crippen molar-refractivity contribution in [2.45, 2.75) is 239 Å². The van der Waals surface area contributed by atoms with Crippen molar-refractivity contribution in [2.75, 3.05) is 14.7 Å². The van der Waals surface area contributed by atoms with Crippen molar-refractivity contribution in [1.29, 1.82) is 0 Å². The molecule has 0 N–H and O–H groups in total. The van der Waals surface area contributed by atoms with Crippen LogP contribution in [0.2, 0.25) is 0 Å². The molecule has 6 unspecified atom stereocenters. The van der Waals surface area contributed by atoms with Gasteiger partial charge in [0.15, 0.2) is 0 Å². The molecule has 3 nitrogen and oxygen atoms in total. The molecule has 1 aromatic heterocycles. The second kappa shape index (κ2) is 18.3. The van der Waals surface area contributed by atoms with Gasteiger partial charge in [0.25, 0.3) is 0 Å². The van der Waals surface area contributed by atoms with Crippen LogP contribution in [0, 0.1) is 28.1 Å². The van der Waals surface area contributed by atoms with Crippen molar-refractivity contribution in [3.8, 4) is 0 Å². The highest BCUT2D eigenvalue weighted by Crippen LogP contribution is 2.63. The molecule has 4 aromatic rings. The van der Waals surface area contributed by atoms with Gasteiger partial charge in [-0.3, -0.25) is 0 Å². The Labute approximate surface area is 505 Å². The molecule has 3 aliphatic heterocycles. The third kappa shape index (κ3) is 7.84. The first kappa shape index (κ1) is 54.6. The van der Waals surface area contributed by atoms with E-state index in [-0.39, 0.29) is 56.8 Å². The first-order valence-electron chi connectivity index (χ1n) is 33.2. The van der Waals surface area contributed by atoms with Crippen molar-refractivity contribution < 1.29 is 0 Å². The van der Waals surface area contributed by atoms with E-state index in [0.717, 1.165) is 25.7 Å². The molecule has 0 bridgehead atoms. The molecule has 5 heteroatoms. The molecule has 432 valence electrons. The maximum Gasteiger partial charge on any atom is 0.249 e. The van der Waals surface area contributed by atoms with Gasteiger partial charge >= 0.3 is 0 Å². The number of rotatable bonds is 4. The second-order valence-corrected chi connectivity index (χ2v) is 33.9. The van der Waals surface area contributed by atoms with Gasteiger partial charge in [-0.15, -0.1) is 11.3 Å². The summed E-state index contributed by atoms with van der Waals surface area (Å²) in [5.74, 6) is 2.08. The predicted molar refractivity (Wildman–Crippen MR) is 358 cm³/mol. The summed E-state index contributed by atoms with van der Waals surface area (Å²) in [5, 5.41) is 3.02. The van der Waals surface area contributed by atoms with Gasteiger partial charge in [0.1, 0.15) is 0 Å². The fourth-order valence-electron chi connectivity index (χ4n) is 19.5. The summed E-state index contributed by atoms with van der Waals surface area (Å²) in [6.45, 7) is 38.4. The number of para-hydroxylation sites is 1. The first-order chi connectivity index (χ1) is 39.3. The first-order valence-corrected chi connectivity index (χ1v) is 34.0. The number of hydrogen-bond acceptors (Lipinski definition) is 4. The van der Waals surface area contributed by atoms with Gasteiger partial charge in [-0.25, -0.2) is 0 Å². The molecule has 8 aliphatic carbocycles. The molecule has 3 aromatic carbocycles. The molecule has 11 aliphatic rings. The maximum atomic E-state index is 3.04. The van der Waals surface area contributed by atoms with Gasteiger partial charge in [0.2, 0.25) is 6.71 Å². The van der Waals surface area contributed by atoms with E-state index in [4.69, 9.17) is 0 Å². The normalized spacial score (nSPS) is 32.2. The molecule has 2 fully saturated rings. The van der Waals surface area contributed by atoms with Crippen LogP contribution in [0.1, 0.15) is 233 Å². The summed E-state index contributed by atoms with van der Waals surface area (Å²) >= 11 is 2.15. The summed E-state index contributed by atoms with van der Waals surface area (Å²) < 4.78 is 1.49. The SMILES string of the molecule is CC1CCC(C)c2cc3c4c(sc3cc21)N(C1=CC2C(C=C1)C(C)(C)CCC2(C)C)C1CC(N2c3ccccc3[C@]3(C)CCCC[C@@]23C)=CC2=C1B4c1cc3c(cc1N2C1CC=C(C(C)(C)C)C=C1C1=CC=CCC1)C(C)(C)CCC3(C)C. The molecule has 0 radical (unpaired) electrons. The van der Waals surface area contributed by atoms with Crippen LogP contribution in [0.25, 0.3) is 10.1 Å². The van der Waals surface area contributed by atoms with E-state index >= 15 is 0 Å². The van der Waals surface area contributed by atoms with Crippen LogP contribution in [-0.4, -0.2) is 24.3 Å². The average molecular weight is 1120 g/mol. The second-order valence-electron chi connectivity index (χ2n) is 32.8. The lowest BCUT2D eigenvalue weighted by atomic mass is 9.31. The highest BCUT2D eigenvalue weighted by atomic mass is 32.1. The molecule has 15 rings (SSSR count). The van der Waals surface area contributed by atoms with E-state index in [1.807, 2.05) is 0 Å². The van der Waals surface area contributed by atoms with Crippen LogP contribution in [0.4, 0.5) is 16.4 Å². The molecular weight excluding hydrogens is 1020 g/mol. The van der Waals surface area contributed by atoms with Gasteiger partial charge in [0, 0.05) is 45.0 Å². The third-order valence-corrected chi connectivity index (χ3v) is 26.3. The predicted octanol–water partition coefficient (Wildman–Crippen LogP) is 19.5. The zero-order valence-corrected chi connectivity index (χ0v) is 54.3. The lowest BCUT2D eigenvalue weighted by molar-refractivity contribution is 0.0326. The quantitative estimate of drug-likeness (QED) is 0.189. The number of fused-ring (bicyclic) bond motifs is 12. The third-order valence-electron chi connectivity index (χ3n) is 25.1. The highest BCUT2D eigenvalue weighted by molar-refractivity contribution is 7.26. The van der Waals surface area contributed by atoms with Crippen molar-refractivity contribution in [2.24, 2.45) is 28.1 Å². The summed E-state index contributed by atoms with van der Waals surface area (Å²) in [6.07, 6.45) is 40.2. The van der Waals surface area contributed by atoms with Crippen LogP contribution in [-0.2, 0) is 16.2 Å². The molecule has 2 saturated carbocycles. The molecule has 0 spiro atoms. The Balaban J connectivity index is 1.08. The number of allylic oxidation sites excluding steroid dienone is 9. The van der Waals surface area contributed by atoms with Crippen LogP contribution in [0.15, 0.2) is 142 Å². The summed E-state index contributed by atoms with van der Waals surface area (Å²) in [6, 6.07) is 21.1. The zero-order valence-electron chi connectivity index (χ0n) is 53.5. The Morgan fingerprint density at radius 3 is 2.12 bits per heavy atom. The summed E-state index contributed by atoms with van der Waals surface area (Å²) in [7, 11) is 0. The van der Waals surface area contributed by atoms with Crippen LogP contribution < -0.4 is 25.6 Å². The molecule has 0 amide bonds. The van der Waals surface area contributed by atoms with E-state index in [9.17, 15) is 0 Å². The highest BCUT2D eigenvalue weighted by Gasteiger charge is 2.60. The smallest absolute Gasteiger partial charge is 0.249 e. The average Bonchev–Trinajstić information content (AvgIpc) is 2.96. The molecule has 8 atom stereocenters. The molecule has 83 heavy (non-hydrogen) atoms. The van der Waals surface area contributed by atoms with E-state index in [1.54, 1.807) is 44.2 Å². The van der Waals surface area contributed by atoms with E-state index in [2.05, 4.69) is 233 Å². The van der Waals surface area contributed by atoms with Crippen molar-refractivity contribution in [3.63, 3.8) is 0 Å². The fraction of sp³-hybridized carbons (Fsp3) is 0.538. The van der Waals surface area contributed by atoms with Gasteiger partial charge < -0.3 is 14.7 Å². The van der Waals surface area contributed by atoms with Crippen molar-refractivity contribution >= 4 is 55.4 Å². The monoisotopic (exact) mass is 1120 g/mol. The Morgan fingerprint density at radius 1 is 0.699 bits per heavy atom. The van der Waals surface area contributed by atoms with E-state index in [1.165, 1.54) is 124 Å². The minimum Gasteiger partial charge on any atom is -0.338 e. The van der Waals surface area contributed by atoms with Gasteiger partial charge in [-0.1, -0.05) is 183 Å². The minimum absolute atomic E-state index is 0.0358. The van der Waals surface area contributed by atoms with Crippen LogP contribution in [0.5, 0.6) is 0 Å². The van der Waals surface area contributed by atoms with E-state index < -0.39 is 0 Å². The number of nitrogens with zero attached hydrogens (tertiary/aromatic N) is 3. The molecule has 0 saturated heterocycles. The standard InChI is InChI=1S/C78H96BN3S/c1-47-27-28-48(2)54-44-68-56(43-53(47)54)69-71(83-68)80(51-30-31-57-59(40-51)74(8,9)36-35-73(57,6)7)66-41-52(82-64-26-20-19-25-58(64)77(14)33-21-22-34-78(77,82)15)42-67-70(66)79(69)62-45-60-61(76(12,13)38-37-75(60,10)11)46-65(62)81(67)63-32-29-50(72(3,4)5)39-55(63)49-23-17-16-18-24-49/h16-17,19-20,23,25-26,29-31,39-40,42-48,57,59,63,66H,18,21-22,24,27-28,32-38,41H2,1-15H3/t47?,48?,57?,59?,63?,66?,77-,78+/m0/s1. The molecule has 4 heterocycles. The van der Waals surface area contributed by atoms with Gasteiger partial charge in [-0.2, -0.15) is 0 Å². The van der Waals surface area contributed by atoms with Crippen LogP contribution in [0.3, 0.4) is 0 Å². The van der Waals surface area contributed by atoms with E-state index in [0.29, 0.717) is 23.7 Å². The number of benzene rings is 3. The summed E-state index contributed by atoms with van der Waals surface area (Å²) in [5.41, 5.74) is 25.1. The Kier molecular flexibility index (Phi) is 12.0. The van der Waals surface area contributed by atoms with Crippen LogP contribution >= 0.6 is 11.3 Å². The maximum absolute atomic E-state index is 3.04.